The van der Waals surface area contributed by atoms with Crippen LogP contribution in [-0.4, -0.2) is 39.9 Å². The highest BCUT2D eigenvalue weighted by molar-refractivity contribution is 6.00. The lowest BCUT2D eigenvalue weighted by molar-refractivity contribution is -0.135. The Labute approximate surface area is 179 Å². The Morgan fingerprint density at radius 1 is 1.19 bits per heavy atom. The van der Waals surface area contributed by atoms with Gasteiger partial charge in [-0.15, -0.1) is 0 Å². The number of hydrogen-bond acceptors (Lipinski definition) is 3. The summed E-state index contributed by atoms with van der Waals surface area (Å²) in [6.45, 7) is 1.38. The van der Waals surface area contributed by atoms with Crippen molar-refractivity contribution in [2.24, 2.45) is 5.92 Å². The number of carbonyl (C=O) groups is 2. The van der Waals surface area contributed by atoms with Gasteiger partial charge in [-0.2, -0.15) is 8.78 Å². The van der Waals surface area contributed by atoms with E-state index < -0.39 is 12.5 Å². The van der Waals surface area contributed by atoms with Gasteiger partial charge in [0, 0.05) is 25.7 Å². The highest BCUT2D eigenvalue weighted by atomic mass is 19.3. The topological polar surface area (TPSA) is 58.4 Å². The van der Waals surface area contributed by atoms with Gasteiger partial charge >= 0.3 is 6.55 Å². The third kappa shape index (κ3) is 3.78. The van der Waals surface area contributed by atoms with E-state index in [1.807, 2.05) is 32.0 Å². The number of hydrogen-bond donors (Lipinski definition) is 0. The van der Waals surface area contributed by atoms with Gasteiger partial charge in [-0.3, -0.25) is 14.2 Å². The molecule has 1 aliphatic rings. The maximum atomic E-state index is 13.7. The van der Waals surface area contributed by atoms with Crippen LogP contribution in [-0.2, 0) is 16.1 Å². The smallest absolute Gasteiger partial charge is 0.320 e. The molecular formula is C23H24F2N4O2. The number of aromatic nitrogens is 2. The van der Waals surface area contributed by atoms with E-state index in [0.29, 0.717) is 11.0 Å². The van der Waals surface area contributed by atoms with Gasteiger partial charge in [0.15, 0.2) is 0 Å². The average molecular weight is 426 g/mol. The first-order valence-electron chi connectivity index (χ1n) is 10.1. The van der Waals surface area contributed by atoms with E-state index in [1.54, 1.807) is 36.2 Å². The Balaban J connectivity index is 1.53. The van der Waals surface area contributed by atoms with Crippen molar-refractivity contribution in [3.63, 3.8) is 0 Å². The van der Waals surface area contributed by atoms with E-state index in [1.165, 1.54) is 4.90 Å². The Morgan fingerprint density at radius 3 is 2.68 bits per heavy atom. The molecule has 0 spiro atoms. The molecule has 1 aliphatic heterocycles. The summed E-state index contributed by atoms with van der Waals surface area (Å²) in [5.41, 5.74) is 3.66. The molecule has 0 N–H and O–H groups in total. The summed E-state index contributed by atoms with van der Waals surface area (Å²) in [4.78, 5) is 33.0. The van der Waals surface area contributed by atoms with Gasteiger partial charge in [0.05, 0.1) is 23.5 Å². The van der Waals surface area contributed by atoms with Crippen molar-refractivity contribution >= 4 is 28.5 Å². The van der Waals surface area contributed by atoms with E-state index in [9.17, 15) is 18.4 Å². The van der Waals surface area contributed by atoms with Crippen LogP contribution < -0.4 is 4.90 Å². The maximum absolute atomic E-state index is 13.7. The minimum atomic E-state index is -2.77. The second-order valence-electron chi connectivity index (χ2n) is 7.98. The molecule has 1 fully saturated rings. The van der Waals surface area contributed by atoms with Gasteiger partial charge in [-0.25, -0.2) is 4.98 Å². The number of benzene rings is 2. The van der Waals surface area contributed by atoms with Crippen LogP contribution in [0.5, 0.6) is 0 Å². The Kier molecular flexibility index (Phi) is 5.47. The van der Waals surface area contributed by atoms with E-state index in [2.05, 4.69) is 4.98 Å². The highest BCUT2D eigenvalue weighted by Crippen LogP contribution is 2.30. The van der Waals surface area contributed by atoms with Gasteiger partial charge in [0.1, 0.15) is 5.82 Å². The van der Waals surface area contributed by atoms with Crippen LogP contribution in [0.25, 0.3) is 11.0 Å². The standard InChI is InChI=1S/C23H24F2N4O2/c1-14-7-6-10-18(15(14)2)28-12-16(11-21(28)30)22(31)27(3)13-20-26-17-8-4-5-9-19(17)29(20)23(24)25/h4-10,16,23H,11-13H2,1-3H3. The monoisotopic (exact) mass is 426 g/mol. The molecule has 0 saturated carbocycles. The second kappa shape index (κ2) is 8.09. The van der Waals surface area contributed by atoms with Crippen molar-refractivity contribution in [2.75, 3.05) is 18.5 Å². The number of imidazole rings is 1. The molecule has 0 radical (unpaired) electrons. The number of alkyl halides is 2. The zero-order valence-corrected chi connectivity index (χ0v) is 17.7. The molecule has 3 aromatic rings. The first kappa shape index (κ1) is 21.0. The number of carbonyl (C=O) groups excluding carboxylic acids is 2. The minimum absolute atomic E-state index is 0.0635. The zero-order valence-electron chi connectivity index (χ0n) is 17.7. The van der Waals surface area contributed by atoms with Crippen LogP contribution in [0.2, 0.25) is 0 Å². The van der Waals surface area contributed by atoms with Gasteiger partial charge in [0.2, 0.25) is 11.8 Å². The van der Waals surface area contributed by atoms with Crippen molar-refractivity contribution < 1.29 is 18.4 Å². The first-order valence-corrected chi connectivity index (χ1v) is 10.1. The van der Waals surface area contributed by atoms with E-state index in [0.717, 1.165) is 21.4 Å². The Morgan fingerprint density at radius 2 is 1.94 bits per heavy atom. The first-order chi connectivity index (χ1) is 14.8. The third-order valence-electron chi connectivity index (χ3n) is 5.96. The summed E-state index contributed by atoms with van der Waals surface area (Å²) >= 11 is 0. The van der Waals surface area contributed by atoms with E-state index in [4.69, 9.17) is 0 Å². The summed E-state index contributed by atoms with van der Waals surface area (Å²) in [6.07, 6.45) is 0.0990. The fraction of sp³-hybridized carbons (Fsp3) is 0.348. The number of para-hydroxylation sites is 2. The molecule has 162 valence electrons. The van der Waals surface area contributed by atoms with Crippen LogP contribution in [0, 0.1) is 19.8 Å². The fourth-order valence-electron chi connectivity index (χ4n) is 4.16. The quantitative estimate of drug-likeness (QED) is 0.618. The molecule has 1 unspecified atom stereocenters. The maximum Gasteiger partial charge on any atom is 0.320 e. The molecule has 2 aromatic carbocycles. The molecule has 8 heteroatoms. The van der Waals surface area contributed by atoms with Crippen LogP contribution in [0.1, 0.15) is 29.9 Å². The van der Waals surface area contributed by atoms with Crippen LogP contribution in [0.15, 0.2) is 42.5 Å². The van der Waals surface area contributed by atoms with E-state index >= 15 is 0 Å². The van der Waals surface area contributed by atoms with Crippen LogP contribution in [0.3, 0.4) is 0 Å². The number of nitrogens with zero attached hydrogens (tertiary/aromatic N) is 4. The molecule has 0 bridgehead atoms. The van der Waals surface area contributed by atoms with Gasteiger partial charge in [-0.1, -0.05) is 24.3 Å². The number of anilines is 1. The fourth-order valence-corrected chi connectivity index (χ4v) is 4.16. The number of rotatable bonds is 5. The van der Waals surface area contributed by atoms with Crippen molar-refractivity contribution in [2.45, 2.75) is 33.4 Å². The summed E-state index contributed by atoms with van der Waals surface area (Å²) in [6, 6.07) is 12.4. The molecule has 2 heterocycles. The normalized spacial score (nSPS) is 16.5. The lowest BCUT2D eigenvalue weighted by Gasteiger charge is -2.23. The second-order valence-corrected chi connectivity index (χ2v) is 7.98. The largest absolute Gasteiger partial charge is 0.338 e. The lowest BCUT2D eigenvalue weighted by Crippen LogP contribution is -2.35. The molecule has 2 amide bonds. The van der Waals surface area contributed by atoms with Gasteiger partial charge in [-0.05, 0) is 43.2 Å². The Bertz CT molecular complexity index is 1160. The molecule has 31 heavy (non-hydrogen) atoms. The molecule has 1 atom stereocenters. The highest BCUT2D eigenvalue weighted by Gasteiger charge is 2.37. The summed E-state index contributed by atoms with van der Waals surface area (Å²) in [5.74, 6) is -0.779. The van der Waals surface area contributed by atoms with Crippen molar-refractivity contribution in [3.05, 3.63) is 59.4 Å². The van der Waals surface area contributed by atoms with Crippen molar-refractivity contribution in [1.29, 1.82) is 0 Å². The number of halogens is 2. The SMILES string of the molecule is Cc1cccc(N2CC(C(=O)N(C)Cc3nc4ccccc4n3C(F)F)CC2=O)c1C. The molecule has 1 aromatic heterocycles. The van der Waals surface area contributed by atoms with Crippen LogP contribution in [0.4, 0.5) is 14.5 Å². The molecule has 4 rings (SSSR count). The predicted octanol–water partition coefficient (Wildman–Crippen LogP) is 4.06. The minimum Gasteiger partial charge on any atom is -0.338 e. The third-order valence-corrected chi connectivity index (χ3v) is 5.96. The van der Waals surface area contributed by atoms with E-state index in [-0.39, 0.29) is 37.1 Å². The zero-order chi connectivity index (χ0) is 22.3. The molecule has 6 nitrogen and oxygen atoms in total. The van der Waals surface area contributed by atoms with Gasteiger partial charge in [0.25, 0.3) is 0 Å². The molecule has 0 aliphatic carbocycles. The summed E-state index contributed by atoms with van der Waals surface area (Å²) < 4.78 is 28.2. The molecular weight excluding hydrogens is 402 g/mol. The van der Waals surface area contributed by atoms with Gasteiger partial charge < -0.3 is 9.80 Å². The summed E-state index contributed by atoms with van der Waals surface area (Å²) in [7, 11) is 1.56. The summed E-state index contributed by atoms with van der Waals surface area (Å²) in [5, 5.41) is 0. The number of fused-ring (bicyclic) bond motifs is 1. The number of amides is 2. The van der Waals surface area contributed by atoms with Crippen molar-refractivity contribution in [1.82, 2.24) is 14.5 Å². The lowest BCUT2D eigenvalue weighted by atomic mass is 10.1. The van der Waals surface area contributed by atoms with Crippen molar-refractivity contribution in [3.8, 4) is 0 Å². The average Bonchev–Trinajstić information content (AvgIpc) is 3.29. The van der Waals surface area contributed by atoms with Crippen LogP contribution >= 0.6 is 0 Å². The molecule has 1 saturated heterocycles. The number of aryl methyl sites for hydroxylation is 1. The Hall–Kier alpha value is -3.29. The predicted molar refractivity (Wildman–Crippen MR) is 114 cm³/mol.